The zero-order valence-electron chi connectivity index (χ0n) is 33.8. The third-order valence-electron chi connectivity index (χ3n) is 13.4. The molecule has 2 aromatic rings. The average molecular weight is 868 g/mol. The van der Waals surface area contributed by atoms with Gasteiger partial charge in [-0.1, -0.05) is 31.1 Å². The van der Waals surface area contributed by atoms with Gasteiger partial charge >= 0.3 is 5.97 Å². The van der Waals surface area contributed by atoms with Gasteiger partial charge < -0.3 is 19.7 Å². The van der Waals surface area contributed by atoms with Gasteiger partial charge in [0, 0.05) is 25.1 Å². The first-order valence-electron chi connectivity index (χ1n) is 21.1. The molecule has 60 heavy (non-hydrogen) atoms. The molecule has 16 nitrogen and oxygen atoms in total. The third-order valence-corrected chi connectivity index (χ3v) is 16.3. The summed E-state index contributed by atoms with van der Waals surface area (Å²) < 4.78 is 66.7. The minimum atomic E-state index is -3.95. The molecular weight excluding hydrogens is 815 g/mol. The van der Waals surface area contributed by atoms with Crippen molar-refractivity contribution in [2.24, 2.45) is 23.7 Å². The number of carbonyl (C=O) groups excluding carboxylic acids is 4. The molecule has 3 heterocycles. The number of esters is 1. The molecule has 0 unspecified atom stereocenters. The number of amides is 3. The summed E-state index contributed by atoms with van der Waals surface area (Å²) in [6.45, 7) is 3.70. The van der Waals surface area contributed by atoms with Crippen molar-refractivity contribution < 1.29 is 45.5 Å². The number of nitrogens with zero attached hydrogens (tertiary/aromatic N) is 3. The van der Waals surface area contributed by atoms with Gasteiger partial charge in [-0.05, 0) is 94.2 Å². The van der Waals surface area contributed by atoms with Gasteiger partial charge in [0.1, 0.15) is 23.8 Å². The Hall–Kier alpha value is -4.58. The van der Waals surface area contributed by atoms with E-state index in [2.05, 4.69) is 21.6 Å². The van der Waals surface area contributed by atoms with E-state index in [0.29, 0.717) is 19.3 Å². The number of benzene rings is 1. The Balaban J connectivity index is 1.17. The van der Waals surface area contributed by atoms with E-state index in [1.165, 1.54) is 33.7 Å². The summed E-state index contributed by atoms with van der Waals surface area (Å²) in [5, 5.41) is 2.30. The van der Waals surface area contributed by atoms with E-state index in [0.717, 1.165) is 57.6 Å². The van der Waals surface area contributed by atoms with Crippen LogP contribution in [0, 0.1) is 23.7 Å². The van der Waals surface area contributed by atoms with E-state index in [1.807, 2.05) is 12.2 Å². The number of sulfone groups is 1. The van der Waals surface area contributed by atoms with Gasteiger partial charge in [-0.3, -0.25) is 33.3 Å². The SMILES string of the molecule is C=C[C@H]1C[C@]1(NC(=O)[C@@H]1C[C@@H]2CN1C(=O)[C@H](C1CCCC1)CC(=O)O[C@@H]1CCC[C@H]1CC/C=C/Cn1c(nc3cc(S(C)(=O)=O)ccc3c1=O)O2)C(=O)NS(=O)(=O)C1CC1. The standard InChI is InChI=1S/C42H53N5O11S2/c1-3-27-23-42(27,40(52)45-60(55,56)29-15-16-29)44-37(49)34-20-28-24-47(34)39(51)32(25-10-6-7-11-25)22-36(48)58-35-14-9-13-26(35)12-5-4-8-19-46-38(50)31-18-17-30(59(2,53)54)21-33(31)43-41(46)57-28/h3-4,8,17-18,21,25-29,32,34-35H,1,5-7,9-16,19-20,22-24H2,2H3,(H,44,49)(H,45,52)/b8-4+/t26-,27+,28-,32+,34+,35-,42-/m1/s1. The second-order valence-electron chi connectivity index (χ2n) is 17.5. The second kappa shape index (κ2) is 16.4. The van der Waals surface area contributed by atoms with E-state index in [9.17, 15) is 40.8 Å². The molecule has 2 bridgehead atoms. The molecule has 8 rings (SSSR count). The number of sulfonamides is 1. The maximum Gasteiger partial charge on any atom is 0.306 e. The highest BCUT2D eigenvalue weighted by Crippen LogP contribution is 2.46. The van der Waals surface area contributed by atoms with Crippen LogP contribution < -0.4 is 20.3 Å². The van der Waals surface area contributed by atoms with E-state index in [4.69, 9.17) is 9.47 Å². The Morgan fingerprint density at radius 1 is 0.950 bits per heavy atom. The summed E-state index contributed by atoms with van der Waals surface area (Å²) in [5.74, 6) is -3.88. The Morgan fingerprint density at radius 3 is 2.40 bits per heavy atom. The quantitative estimate of drug-likeness (QED) is 0.289. The molecule has 0 radical (unpaired) electrons. The van der Waals surface area contributed by atoms with Gasteiger partial charge in [0.05, 0.1) is 39.9 Å². The molecule has 4 saturated carbocycles. The number of carbonyl (C=O) groups is 4. The fraction of sp³-hybridized carbons (Fsp3) is 0.619. The number of nitrogens with one attached hydrogen (secondary N) is 2. The average Bonchev–Trinajstić information content (AvgIpc) is 3.99. The molecule has 3 amide bonds. The normalized spacial score (nSPS) is 30.9. The van der Waals surface area contributed by atoms with Crippen molar-refractivity contribution in [1.29, 1.82) is 0 Å². The number of fused-ring (bicyclic) bond motifs is 5. The molecule has 6 aliphatic rings. The van der Waals surface area contributed by atoms with Crippen LogP contribution in [0.25, 0.3) is 10.9 Å². The van der Waals surface area contributed by atoms with Crippen LogP contribution in [-0.2, 0) is 50.3 Å². The van der Waals surface area contributed by atoms with Crippen molar-refractivity contribution in [2.45, 2.75) is 130 Å². The van der Waals surface area contributed by atoms with Crippen LogP contribution in [0.1, 0.15) is 89.9 Å². The van der Waals surface area contributed by atoms with Crippen LogP contribution >= 0.6 is 0 Å². The van der Waals surface area contributed by atoms with Gasteiger partial charge in [0.2, 0.25) is 21.8 Å². The first-order valence-corrected chi connectivity index (χ1v) is 24.6. The van der Waals surface area contributed by atoms with Gasteiger partial charge in [0.25, 0.3) is 17.5 Å². The van der Waals surface area contributed by atoms with Crippen molar-refractivity contribution in [3.05, 3.63) is 53.4 Å². The Bertz CT molecular complexity index is 2410. The van der Waals surface area contributed by atoms with Gasteiger partial charge in [-0.25, -0.2) is 16.8 Å². The van der Waals surface area contributed by atoms with Gasteiger partial charge in [-0.15, -0.1) is 6.58 Å². The van der Waals surface area contributed by atoms with E-state index in [-0.39, 0.29) is 72.1 Å². The van der Waals surface area contributed by atoms with Crippen molar-refractivity contribution in [3.63, 3.8) is 0 Å². The lowest BCUT2D eigenvalue weighted by Gasteiger charge is -2.32. The van der Waals surface area contributed by atoms with Crippen molar-refractivity contribution >= 4 is 54.5 Å². The number of allylic oxidation sites excluding steroid dienone is 2. The molecule has 1 aromatic heterocycles. The van der Waals surface area contributed by atoms with Crippen LogP contribution in [0.5, 0.6) is 6.01 Å². The summed E-state index contributed by atoms with van der Waals surface area (Å²) in [6, 6.07) is 2.72. The molecule has 18 heteroatoms. The van der Waals surface area contributed by atoms with Gasteiger partial charge in [0.15, 0.2) is 9.84 Å². The largest absolute Gasteiger partial charge is 0.462 e. The zero-order valence-corrected chi connectivity index (χ0v) is 35.4. The molecule has 1 aromatic carbocycles. The summed E-state index contributed by atoms with van der Waals surface area (Å²) >= 11 is 0. The summed E-state index contributed by atoms with van der Waals surface area (Å²) in [7, 11) is -7.61. The van der Waals surface area contributed by atoms with Crippen LogP contribution in [-0.4, -0.2) is 96.8 Å². The predicted octanol–water partition coefficient (Wildman–Crippen LogP) is 3.08. The van der Waals surface area contributed by atoms with Crippen molar-refractivity contribution in [1.82, 2.24) is 24.5 Å². The minimum absolute atomic E-state index is 0.0381. The highest BCUT2D eigenvalue weighted by molar-refractivity contribution is 7.91. The molecule has 324 valence electrons. The lowest BCUT2D eigenvalue weighted by molar-refractivity contribution is -0.156. The first-order chi connectivity index (χ1) is 28.6. The fourth-order valence-electron chi connectivity index (χ4n) is 9.73. The van der Waals surface area contributed by atoms with E-state index < -0.39 is 83.9 Å². The molecule has 2 N–H and O–H groups in total. The Morgan fingerprint density at radius 2 is 1.70 bits per heavy atom. The maximum absolute atomic E-state index is 15.0. The number of ether oxygens (including phenoxy) is 2. The lowest BCUT2D eigenvalue weighted by Crippen LogP contribution is -2.57. The van der Waals surface area contributed by atoms with E-state index in [1.54, 1.807) is 0 Å². The molecular formula is C42H53N5O11S2. The monoisotopic (exact) mass is 867 g/mol. The Kier molecular flexibility index (Phi) is 11.5. The first kappa shape index (κ1) is 42.1. The molecule has 5 fully saturated rings. The number of hydrogen-bond donors (Lipinski definition) is 2. The third kappa shape index (κ3) is 8.50. The minimum Gasteiger partial charge on any atom is -0.462 e. The van der Waals surface area contributed by atoms with Crippen LogP contribution in [0.2, 0.25) is 0 Å². The number of aromatic nitrogens is 2. The predicted molar refractivity (Wildman–Crippen MR) is 219 cm³/mol. The van der Waals surface area contributed by atoms with E-state index >= 15 is 0 Å². The molecule has 0 spiro atoms. The van der Waals surface area contributed by atoms with Crippen LogP contribution in [0.15, 0.2) is 52.7 Å². The van der Waals surface area contributed by atoms with Crippen LogP contribution in [0.3, 0.4) is 0 Å². The molecule has 2 aliphatic heterocycles. The lowest BCUT2D eigenvalue weighted by atomic mass is 9.86. The van der Waals surface area contributed by atoms with Gasteiger partial charge in [-0.2, -0.15) is 4.98 Å². The molecule has 7 atom stereocenters. The van der Waals surface area contributed by atoms with Crippen molar-refractivity contribution in [2.75, 3.05) is 12.8 Å². The maximum atomic E-state index is 15.0. The summed E-state index contributed by atoms with van der Waals surface area (Å²) in [6.07, 6.45) is 12.9. The smallest absolute Gasteiger partial charge is 0.306 e. The molecule has 1 saturated heterocycles. The number of hydrogen-bond acceptors (Lipinski definition) is 12. The van der Waals surface area contributed by atoms with Crippen LogP contribution in [0.4, 0.5) is 0 Å². The zero-order chi connectivity index (χ0) is 42.6. The Labute approximate surface area is 349 Å². The second-order valence-corrected chi connectivity index (χ2v) is 21.5. The molecule has 4 aliphatic carbocycles. The topological polar surface area (TPSA) is 217 Å². The highest BCUT2D eigenvalue weighted by atomic mass is 32.2. The number of rotatable bonds is 8. The van der Waals surface area contributed by atoms with Crippen molar-refractivity contribution in [3.8, 4) is 6.01 Å². The fourth-order valence-corrected chi connectivity index (χ4v) is 11.7. The highest BCUT2D eigenvalue weighted by Gasteiger charge is 2.62. The summed E-state index contributed by atoms with van der Waals surface area (Å²) in [4.78, 5) is 76.9. The summed E-state index contributed by atoms with van der Waals surface area (Å²) in [5.41, 5.74) is -2.00.